The Kier molecular flexibility index (Phi) is 6.40. The smallest absolute Gasteiger partial charge is 0.389 e. The predicted octanol–water partition coefficient (Wildman–Crippen LogP) is 2.28. The van der Waals surface area contributed by atoms with Gasteiger partial charge in [0, 0.05) is 6.42 Å². The molecule has 0 radical (unpaired) electrons. The van der Waals surface area contributed by atoms with Crippen LogP contribution in [0, 0.1) is 5.92 Å². The zero-order valence-electron chi connectivity index (χ0n) is 9.38. The van der Waals surface area contributed by atoms with E-state index in [0.29, 0.717) is 0 Å². The number of hydrogen-bond donors (Lipinski definition) is 1. The lowest BCUT2D eigenvalue weighted by atomic mass is 9.98. The van der Waals surface area contributed by atoms with Crippen molar-refractivity contribution in [3.63, 3.8) is 0 Å². The maximum atomic E-state index is 11.8. The lowest BCUT2D eigenvalue weighted by Gasteiger charge is -2.17. The summed E-state index contributed by atoms with van der Waals surface area (Å²) in [5.41, 5.74) is 0. The van der Waals surface area contributed by atoms with E-state index in [1.165, 1.54) is 6.92 Å². The number of aliphatic hydroxyl groups excluding tert-OH is 1. The first-order chi connectivity index (χ1) is 7.28. The van der Waals surface area contributed by atoms with Crippen LogP contribution in [0.1, 0.15) is 33.1 Å². The maximum absolute atomic E-state index is 11.8. The third-order valence-corrected chi connectivity index (χ3v) is 2.19. The standard InChI is InChI=1S/C10H17F3O3/c1-3-16-9(15)8(14)7(2)5-4-6-10(11,12)13/h7-8,14H,3-6H2,1-2H3. The average molecular weight is 242 g/mol. The normalized spacial score (nSPS) is 15.6. The van der Waals surface area contributed by atoms with E-state index in [-0.39, 0.29) is 19.4 Å². The Hall–Kier alpha value is -0.780. The second-order valence-corrected chi connectivity index (χ2v) is 3.68. The Balaban J connectivity index is 3.88. The predicted molar refractivity (Wildman–Crippen MR) is 51.7 cm³/mol. The Morgan fingerprint density at radius 2 is 2.00 bits per heavy atom. The van der Waals surface area contributed by atoms with E-state index in [1.807, 2.05) is 0 Å². The first-order valence-corrected chi connectivity index (χ1v) is 5.19. The van der Waals surface area contributed by atoms with Crippen molar-refractivity contribution in [2.24, 2.45) is 5.92 Å². The van der Waals surface area contributed by atoms with Gasteiger partial charge in [-0.3, -0.25) is 0 Å². The SMILES string of the molecule is CCOC(=O)C(O)C(C)CCCC(F)(F)F. The maximum Gasteiger partial charge on any atom is 0.389 e. The van der Waals surface area contributed by atoms with Crippen LogP contribution < -0.4 is 0 Å². The largest absolute Gasteiger partial charge is 0.464 e. The van der Waals surface area contributed by atoms with E-state index in [2.05, 4.69) is 4.74 Å². The van der Waals surface area contributed by atoms with Crippen molar-refractivity contribution >= 4 is 5.97 Å². The highest BCUT2D eigenvalue weighted by Crippen LogP contribution is 2.24. The van der Waals surface area contributed by atoms with Crippen molar-refractivity contribution in [1.29, 1.82) is 0 Å². The number of aliphatic hydroxyl groups is 1. The van der Waals surface area contributed by atoms with Gasteiger partial charge in [0.05, 0.1) is 6.61 Å². The number of rotatable bonds is 6. The highest BCUT2D eigenvalue weighted by molar-refractivity contribution is 5.74. The van der Waals surface area contributed by atoms with Crippen LogP contribution in [-0.4, -0.2) is 30.0 Å². The van der Waals surface area contributed by atoms with E-state index in [9.17, 15) is 23.1 Å². The molecule has 0 aliphatic heterocycles. The second-order valence-electron chi connectivity index (χ2n) is 3.68. The summed E-state index contributed by atoms with van der Waals surface area (Å²) in [6.07, 6.45) is -6.38. The molecule has 0 aliphatic carbocycles. The van der Waals surface area contributed by atoms with Gasteiger partial charge in [0.15, 0.2) is 6.10 Å². The number of alkyl halides is 3. The Morgan fingerprint density at radius 3 is 2.44 bits per heavy atom. The van der Waals surface area contributed by atoms with Crippen LogP contribution in [0.25, 0.3) is 0 Å². The fourth-order valence-electron chi connectivity index (χ4n) is 1.24. The summed E-state index contributed by atoms with van der Waals surface area (Å²) < 4.78 is 40.1. The van der Waals surface area contributed by atoms with E-state index in [0.717, 1.165) is 0 Å². The van der Waals surface area contributed by atoms with Crippen LogP contribution in [0.5, 0.6) is 0 Å². The van der Waals surface area contributed by atoms with Gasteiger partial charge < -0.3 is 9.84 Å². The molecule has 16 heavy (non-hydrogen) atoms. The lowest BCUT2D eigenvalue weighted by molar-refractivity contribution is -0.156. The third kappa shape index (κ3) is 6.66. The van der Waals surface area contributed by atoms with Gasteiger partial charge in [0.1, 0.15) is 0 Å². The number of halogens is 3. The molecular formula is C10H17F3O3. The van der Waals surface area contributed by atoms with Crippen LogP contribution >= 0.6 is 0 Å². The van der Waals surface area contributed by atoms with Gasteiger partial charge in [0.2, 0.25) is 0 Å². The molecule has 0 aliphatic rings. The summed E-state index contributed by atoms with van der Waals surface area (Å²) in [6.45, 7) is 3.27. The summed E-state index contributed by atoms with van der Waals surface area (Å²) >= 11 is 0. The Morgan fingerprint density at radius 1 is 1.44 bits per heavy atom. The quantitative estimate of drug-likeness (QED) is 0.727. The van der Waals surface area contributed by atoms with Crippen molar-refractivity contribution in [1.82, 2.24) is 0 Å². The minimum absolute atomic E-state index is 0.0961. The highest BCUT2D eigenvalue weighted by atomic mass is 19.4. The molecule has 0 fully saturated rings. The molecule has 0 spiro atoms. The van der Waals surface area contributed by atoms with Crippen LogP contribution in [0.4, 0.5) is 13.2 Å². The zero-order chi connectivity index (χ0) is 12.8. The van der Waals surface area contributed by atoms with Crippen LogP contribution in [0.3, 0.4) is 0 Å². The van der Waals surface area contributed by atoms with E-state index in [4.69, 9.17) is 0 Å². The first-order valence-electron chi connectivity index (χ1n) is 5.19. The summed E-state index contributed by atoms with van der Waals surface area (Å²) in [5, 5.41) is 9.39. The molecule has 6 heteroatoms. The Labute approximate surface area is 92.6 Å². The van der Waals surface area contributed by atoms with Gasteiger partial charge >= 0.3 is 12.1 Å². The number of ether oxygens (including phenoxy) is 1. The summed E-state index contributed by atoms with van der Waals surface area (Å²) in [4.78, 5) is 11.1. The molecule has 2 unspecified atom stereocenters. The van der Waals surface area contributed by atoms with Gasteiger partial charge in [-0.15, -0.1) is 0 Å². The molecule has 0 aromatic carbocycles. The van der Waals surface area contributed by atoms with E-state index >= 15 is 0 Å². The minimum atomic E-state index is -4.19. The molecule has 0 saturated heterocycles. The molecule has 0 heterocycles. The topological polar surface area (TPSA) is 46.5 Å². The van der Waals surface area contributed by atoms with Gasteiger partial charge in [0.25, 0.3) is 0 Å². The molecular weight excluding hydrogens is 225 g/mol. The van der Waals surface area contributed by atoms with Gasteiger partial charge in [-0.25, -0.2) is 4.79 Å². The molecule has 0 aromatic rings. The van der Waals surface area contributed by atoms with Crippen molar-refractivity contribution in [2.45, 2.75) is 45.4 Å². The average Bonchev–Trinajstić information content (AvgIpc) is 2.14. The van der Waals surface area contributed by atoms with Crippen LogP contribution in [0.15, 0.2) is 0 Å². The Bertz CT molecular complexity index is 216. The fraction of sp³-hybridized carbons (Fsp3) is 0.900. The summed E-state index contributed by atoms with van der Waals surface area (Å²) in [5.74, 6) is -1.30. The van der Waals surface area contributed by atoms with Crippen LogP contribution in [-0.2, 0) is 9.53 Å². The molecule has 0 saturated carbocycles. The number of carbonyl (C=O) groups is 1. The molecule has 0 amide bonds. The molecule has 0 aromatic heterocycles. The summed E-state index contributed by atoms with van der Waals surface area (Å²) in [7, 11) is 0. The van der Waals surface area contributed by atoms with Crippen LogP contribution in [0.2, 0.25) is 0 Å². The number of carbonyl (C=O) groups excluding carboxylic acids is 1. The summed E-state index contributed by atoms with van der Waals surface area (Å²) in [6, 6.07) is 0. The molecule has 2 atom stereocenters. The zero-order valence-corrected chi connectivity index (χ0v) is 9.38. The van der Waals surface area contributed by atoms with Gasteiger partial charge in [-0.05, 0) is 25.7 Å². The van der Waals surface area contributed by atoms with Crippen molar-refractivity contribution in [3.8, 4) is 0 Å². The lowest BCUT2D eigenvalue weighted by Crippen LogP contribution is -2.30. The molecule has 1 N–H and O–H groups in total. The molecule has 96 valence electrons. The van der Waals surface area contributed by atoms with Crippen molar-refractivity contribution in [3.05, 3.63) is 0 Å². The first kappa shape index (κ1) is 15.2. The van der Waals surface area contributed by atoms with E-state index in [1.54, 1.807) is 6.92 Å². The highest BCUT2D eigenvalue weighted by Gasteiger charge is 2.28. The molecule has 0 rings (SSSR count). The van der Waals surface area contributed by atoms with Crippen molar-refractivity contribution < 1.29 is 27.8 Å². The van der Waals surface area contributed by atoms with Gasteiger partial charge in [-0.1, -0.05) is 6.92 Å². The minimum Gasteiger partial charge on any atom is -0.464 e. The van der Waals surface area contributed by atoms with Crippen molar-refractivity contribution in [2.75, 3.05) is 6.61 Å². The number of esters is 1. The second kappa shape index (κ2) is 6.73. The van der Waals surface area contributed by atoms with Gasteiger partial charge in [-0.2, -0.15) is 13.2 Å². The monoisotopic (exact) mass is 242 g/mol. The fourth-order valence-corrected chi connectivity index (χ4v) is 1.24. The molecule has 0 bridgehead atoms. The number of hydrogen-bond acceptors (Lipinski definition) is 3. The molecule has 3 nitrogen and oxygen atoms in total. The third-order valence-electron chi connectivity index (χ3n) is 2.19. The van der Waals surface area contributed by atoms with E-state index < -0.39 is 30.6 Å².